The number of rotatable bonds is 7. The van der Waals surface area contributed by atoms with Gasteiger partial charge in [0.1, 0.15) is 17.1 Å². The van der Waals surface area contributed by atoms with Crippen LogP contribution in [-0.4, -0.2) is 31.0 Å². The van der Waals surface area contributed by atoms with E-state index in [1.165, 1.54) is 0 Å². The van der Waals surface area contributed by atoms with Crippen LogP contribution < -0.4 is 10.6 Å². The van der Waals surface area contributed by atoms with Gasteiger partial charge in [0.25, 0.3) is 0 Å². The monoisotopic (exact) mass is 300 g/mol. The highest BCUT2D eigenvalue weighted by molar-refractivity contribution is 7.97. The van der Waals surface area contributed by atoms with Crippen molar-refractivity contribution < 1.29 is 13.9 Å². The van der Waals surface area contributed by atoms with Gasteiger partial charge < -0.3 is 19.8 Å². The molecule has 0 aliphatic heterocycles. The summed E-state index contributed by atoms with van der Waals surface area (Å²) < 4.78 is 10.8. The second-order valence-electron chi connectivity index (χ2n) is 5.41. The van der Waals surface area contributed by atoms with Crippen molar-refractivity contribution in [3.05, 3.63) is 23.7 Å². The van der Waals surface area contributed by atoms with Crippen LogP contribution in [0.2, 0.25) is 0 Å². The maximum atomic E-state index is 11.4. The summed E-state index contributed by atoms with van der Waals surface area (Å²) in [4.78, 5) is 11.4. The lowest BCUT2D eigenvalue weighted by Crippen LogP contribution is -2.36. The minimum Gasteiger partial charge on any atom is -0.464 e. The van der Waals surface area contributed by atoms with E-state index in [1.54, 1.807) is 11.8 Å². The van der Waals surface area contributed by atoms with E-state index in [2.05, 4.69) is 10.6 Å². The molecule has 0 unspecified atom stereocenters. The fourth-order valence-corrected chi connectivity index (χ4v) is 1.96. The molecule has 20 heavy (non-hydrogen) atoms. The van der Waals surface area contributed by atoms with Crippen LogP contribution in [0.5, 0.6) is 0 Å². The van der Waals surface area contributed by atoms with E-state index in [0.29, 0.717) is 19.6 Å². The van der Waals surface area contributed by atoms with Crippen LogP contribution in [0.15, 0.2) is 16.5 Å². The summed E-state index contributed by atoms with van der Waals surface area (Å²) in [5.74, 6) is 2.78. The number of carbonyl (C=O) groups is 1. The molecule has 0 radical (unpaired) electrons. The minimum atomic E-state index is -0.459. The summed E-state index contributed by atoms with van der Waals surface area (Å²) >= 11 is 1.73. The van der Waals surface area contributed by atoms with Crippen molar-refractivity contribution in [1.29, 1.82) is 0 Å². The molecule has 6 heteroatoms. The molecule has 0 saturated heterocycles. The largest absolute Gasteiger partial charge is 0.464 e. The van der Waals surface area contributed by atoms with E-state index < -0.39 is 5.60 Å². The van der Waals surface area contributed by atoms with Crippen molar-refractivity contribution >= 4 is 17.9 Å². The molecular formula is C14H24N2O3S. The Hall–Kier alpha value is -1.14. The van der Waals surface area contributed by atoms with E-state index in [9.17, 15) is 4.79 Å². The number of thioether (sulfide) groups is 1. The highest BCUT2D eigenvalue weighted by atomic mass is 32.2. The zero-order valence-corrected chi connectivity index (χ0v) is 13.4. The molecule has 0 aliphatic rings. The van der Waals surface area contributed by atoms with Crippen LogP contribution >= 0.6 is 11.8 Å². The Labute approximate surface area is 124 Å². The van der Waals surface area contributed by atoms with E-state index >= 15 is 0 Å². The second-order valence-corrected chi connectivity index (χ2v) is 6.27. The molecule has 1 amide bonds. The Kier molecular flexibility index (Phi) is 6.95. The molecule has 114 valence electrons. The molecule has 0 fully saturated rings. The Morgan fingerprint density at radius 3 is 2.65 bits per heavy atom. The number of carbonyl (C=O) groups excluding carboxylic acids is 1. The lowest BCUT2D eigenvalue weighted by molar-refractivity contribution is 0.0528. The normalized spacial score (nSPS) is 11.4. The number of amides is 1. The van der Waals surface area contributed by atoms with Gasteiger partial charge in [0, 0.05) is 13.1 Å². The van der Waals surface area contributed by atoms with Crippen LogP contribution in [0, 0.1) is 0 Å². The molecule has 0 spiro atoms. The first kappa shape index (κ1) is 16.9. The SMILES string of the molecule is CSCc1ccc(CNCCNC(=O)OC(C)(C)C)o1. The molecule has 0 aromatic carbocycles. The average molecular weight is 300 g/mol. The van der Waals surface area contributed by atoms with Crippen molar-refractivity contribution in [2.75, 3.05) is 19.3 Å². The number of nitrogens with one attached hydrogen (secondary N) is 2. The predicted octanol–water partition coefficient (Wildman–Crippen LogP) is 2.76. The maximum absolute atomic E-state index is 11.4. The fraction of sp³-hybridized carbons (Fsp3) is 0.643. The van der Waals surface area contributed by atoms with Crippen molar-refractivity contribution in [1.82, 2.24) is 10.6 Å². The zero-order valence-electron chi connectivity index (χ0n) is 12.6. The lowest BCUT2D eigenvalue weighted by Gasteiger charge is -2.19. The fourth-order valence-electron chi connectivity index (χ4n) is 1.52. The number of hydrogen-bond acceptors (Lipinski definition) is 5. The first-order valence-corrected chi connectivity index (χ1v) is 8.04. The summed E-state index contributed by atoms with van der Waals surface area (Å²) in [7, 11) is 0. The van der Waals surface area contributed by atoms with Crippen molar-refractivity contribution in [3.8, 4) is 0 Å². The third kappa shape index (κ3) is 7.45. The highest BCUT2D eigenvalue weighted by Gasteiger charge is 2.15. The van der Waals surface area contributed by atoms with E-state index in [0.717, 1.165) is 17.3 Å². The lowest BCUT2D eigenvalue weighted by atomic mass is 10.2. The molecule has 5 nitrogen and oxygen atoms in total. The highest BCUT2D eigenvalue weighted by Crippen LogP contribution is 2.13. The van der Waals surface area contributed by atoms with Gasteiger partial charge >= 0.3 is 6.09 Å². The van der Waals surface area contributed by atoms with Gasteiger partial charge in [-0.1, -0.05) is 0 Å². The zero-order chi connectivity index (χ0) is 15.0. The molecule has 1 aromatic heterocycles. The summed E-state index contributed by atoms with van der Waals surface area (Å²) in [6.07, 6.45) is 1.66. The first-order chi connectivity index (χ1) is 9.40. The molecular weight excluding hydrogens is 276 g/mol. The minimum absolute atomic E-state index is 0.389. The standard InChI is InChI=1S/C14H24N2O3S/c1-14(2,3)19-13(17)16-8-7-15-9-11-5-6-12(18-11)10-20-4/h5-6,15H,7-10H2,1-4H3,(H,16,17). The van der Waals surface area contributed by atoms with E-state index in [1.807, 2.05) is 39.2 Å². The van der Waals surface area contributed by atoms with Crippen LogP contribution in [0.1, 0.15) is 32.3 Å². The summed E-state index contributed by atoms with van der Waals surface area (Å²) in [5.41, 5.74) is -0.459. The molecule has 0 bridgehead atoms. The molecule has 0 atom stereocenters. The van der Waals surface area contributed by atoms with Gasteiger partial charge in [0.15, 0.2) is 0 Å². The first-order valence-electron chi connectivity index (χ1n) is 6.65. The Balaban J connectivity index is 2.11. The smallest absolute Gasteiger partial charge is 0.407 e. The topological polar surface area (TPSA) is 63.5 Å². The van der Waals surface area contributed by atoms with Crippen LogP contribution in [0.3, 0.4) is 0 Å². The van der Waals surface area contributed by atoms with Gasteiger partial charge in [0.2, 0.25) is 0 Å². The number of hydrogen-bond donors (Lipinski definition) is 2. The summed E-state index contributed by atoms with van der Waals surface area (Å²) in [6, 6.07) is 3.96. The van der Waals surface area contributed by atoms with Gasteiger partial charge in [-0.25, -0.2) is 4.79 Å². The number of alkyl carbamates (subject to hydrolysis) is 1. The third-order valence-electron chi connectivity index (χ3n) is 2.27. The molecule has 0 aliphatic carbocycles. The molecule has 1 rings (SSSR count). The quantitative estimate of drug-likeness (QED) is 0.758. The van der Waals surface area contributed by atoms with E-state index in [-0.39, 0.29) is 6.09 Å². The van der Waals surface area contributed by atoms with Crippen LogP contribution in [0.4, 0.5) is 4.79 Å². The van der Waals surface area contributed by atoms with Gasteiger partial charge in [-0.15, -0.1) is 0 Å². The van der Waals surface area contributed by atoms with Gasteiger partial charge in [-0.2, -0.15) is 11.8 Å². The summed E-state index contributed by atoms with van der Waals surface area (Å²) in [5, 5.41) is 5.90. The average Bonchev–Trinajstić information content (AvgIpc) is 2.74. The molecule has 1 aromatic rings. The van der Waals surface area contributed by atoms with Gasteiger partial charge in [0.05, 0.1) is 12.3 Å². The van der Waals surface area contributed by atoms with Crippen molar-refractivity contribution in [3.63, 3.8) is 0 Å². The number of ether oxygens (including phenoxy) is 1. The van der Waals surface area contributed by atoms with Crippen LogP contribution in [0.25, 0.3) is 0 Å². The third-order valence-corrected chi connectivity index (χ3v) is 2.85. The second kappa shape index (κ2) is 8.21. The Morgan fingerprint density at radius 2 is 2.00 bits per heavy atom. The molecule has 0 saturated carbocycles. The predicted molar refractivity (Wildman–Crippen MR) is 81.9 cm³/mol. The van der Waals surface area contributed by atoms with E-state index in [4.69, 9.17) is 9.15 Å². The Morgan fingerprint density at radius 1 is 1.30 bits per heavy atom. The molecule has 1 heterocycles. The van der Waals surface area contributed by atoms with Gasteiger partial charge in [-0.3, -0.25) is 0 Å². The summed E-state index contributed by atoms with van der Waals surface area (Å²) in [6.45, 7) is 7.37. The van der Waals surface area contributed by atoms with Crippen molar-refractivity contribution in [2.45, 2.75) is 38.7 Å². The van der Waals surface area contributed by atoms with Crippen molar-refractivity contribution in [2.24, 2.45) is 0 Å². The number of furan rings is 1. The maximum Gasteiger partial charge on any atom is 0.407 e. The Bertz CT molecular complexity index is 413. The molecule has 2 N–H and O–H groups in total. The van der Waals surface area contributed by atoms with Gasteiger partial charge in [-0.05, 0) is 39.2 Å². The van der Waals surface area contributed by atoms with Crippen LogP contribution in [-0.2, 0) is 17.0 Å².